The molecule has 2 atom stereocenters. The van der Waals surface area contributed by atoms with Crippen LogP contribution in [0.15, 0.2) is 47.1 Å². The molecule has 1 aromatic carbocycles. The van der Waals surface area contributed by atoms with Crippen LogP contribution in [0.4, 0.5) is 10.4 Å². The fourth-order valence-electron chi connectivity index (χ4n) is 5.22. The fraction of sp³-hybridized carbons (Fsp3) is 0.375. The lowest BCUT2D eigenvalue weighted by Gasteiger charge is -2.57. The molecular weight excluding hydrogens is 437 g/mol. The average molecular weight is 462 g/mol. The summed E-state index contributed by atoms with van der Waals surface area (Å²) in [5.41, 5.74) is 2.62. The maximum Gasteiger partial charge on any atom is 0.295 e. The molecule has 1 amide bonds. The second-order valence-corrected chi connectivity index (χ2v) is 9.18. The van der Waals surface area contributed by atoms with E-state index in [1.54, 1.807) is 18.5 Å². The van der Waals surface area contributed by atoms with E-state index in [2.05, 4.69) is 32.4 Å². The quantitative estimate of drug-likeness (QED) is 0.484. The van der Waals surface area contributed by atoms with E-state index in [0.717, 1.165) is 18.5 Å². The summed E-state index contributed by atoms with van der Waals surface area (Å²) in [7, 11) is 0. The van der Waals surface area contributed by atoms with Gasteiger partial charge in [0.2, 0.25) is 0 Å². The molecular formula is C24H24FN7O2. The number of piperidine rings is 2. The van der Waals surface area contributed by atoms with Crippen LogP contribution in [0, 0.1) is 24.6 Å². The van der Waals surface area contributed by atoms with Gasteiger partial charge in [0.25, 0.3) is 11.9 Å². The summed E-state index contributed by atoms with van der Waals surface area (Å²) in [6.07, 6.45) is 5.14. The van der Waals surface area contributed by atoms with E-state index >= 15 is 0 Å². The highest BCUT2D eigenvalue weighted by atomic mass is 19.1. The van der Waals surface area contributed by atoms with Crippen molar-refractivity contribution in [2.45, 2.75) is 38.8 Å². The summed E-state index contributed by atoms with van der Waals surface area (Å²) >= 11 is 0. The number of carbonyl (C=O) groups is 1. The second kappa shape index (κ2) is 7.89. The normalized spacial score (nSPS) is 23.7. The zero-order chi connectivity index (χ0) is 23.4. The molecule has 0 spiro atoms. The van der Waals surface area contributed by atoms with Crippen LogP contribution in [0.2, 0.25) is 0 Å². The predicted molar refractivity (Wildman–Crippen MR) is 122 cm³/mol. The Morgan fingerprint density at radius 3 is 2.76 bits per heavy atom. The van der Waals surface area contributed by atoms with Crippen LogP contribution in [-0.4, -0.2) is 54.4 Å². The van der Waals surface area contributed by atoms with Crippen molar-refractivity contribution in [1.82, 2.24) is 29.9 Å². The number of aromatic nitrogens is 5. The maximum atomic E-state index is 13.9. The number of hydrogen-bond acceptors (Lipinski definition) is 7. The fourth-order valence-corrected chi connectivity index (χ4v) is 5.22. The number of aryl methyl sites for hydroxylation is 1. The number of pyridine rings is 1. The Balaban J connectivity index is 1.30. The van der Waals surface area contributed by atoms with E-state index in [0.29, 0.717) is 46.9 Å². The minimum atomic E-state index is -0.374. The number of hydrogen-bond donors (Lipinski definition) is 1. The van der Waals surface area contributed by atoms with Gasteiger partial charge in [0.15, 0.2) is 11.3 Å². The second-order valence-electron chi connectivity index (χ2n) is 9.18. The van der Waals surface area contributed by atoms with Crippen molar-refractivity contribution in [3.05, 3.63) is 59.9 Å². The Labute approximate surface area is 195 Å². The molecule has 34 heavy (non-hydrogen) atoms. The molecule has 2 bridgehead atoms. The standard InChI is InChI=1S/C24H24FN7O2/c1-13-3-6-19(32-27-7-8-28-32)22(29-13)23(33)31-17-9-15(10-17)14(2)20(31)12-26-24-30-18-5-4-16(25)11-21(18)34-24/h3-8,11,14-15,17,20H,9-10,12H2,1-2H3,(H,26,30)/t14-,15?,17?,20-/m0/s1. The van der Waals surface area contributed by atoms with Gasteiger partial charge in [-0.15, -0.1) is 4.80 Å². The predicted octanol–water partition coefficient (Wildman–Crippen LogP) is 3.60. The molecule has 0 radical (unpaired) electrons. The first kappa shape index (κ1) is 20.8. The van der Waals surface area contributed by atoms with Gasteiger partial charge in [0, 0.05) is 24.3 Å². The van der Waals surface area contributed by atoms with E-state index in [1.165, 1.54) is 16.9 Å². The number of carbonyl (C=O) groups excluding carboxylic acids is 1. The lowest BCUT2D eigenvalue weighted by Crippen LogP contribution is -2.64. The van der Waals surface area contributed by atoms with Gasteiger partial charge in [-0.05, 0) is 55.9 Å². The summed E-state index contributed by atoms with van der Waals surface area (Å²) in [5.74, 6) is 0.370. The monoisotopic (exact) mass is 461 g/mol. The highest BCUT2D eigenvalue weighted by Gasteiger charge is 2.51. The van der Waals surface area contributed by atoms with Crippen LogP contribution >= 0.6 is 0 Å². The van der Waals surface area contributed by atoms with Crippen LogP contribution in [0.5, 0.6) is 0 Å². The van der Waals surface area contributed by atoms with E-state index in [4.69, 9.17) is 4.42 Å². The topological polar surface area (TPSA) is 102 Å². The SMILES string of the molecule is Cc1ccc(-n2nccn2)c(C(=O)N2C3CC(C3)[C@H](C)[C@@H]2CNc2nc3ccc(F)cc3o2)n1. The first-order valence-electron chi connectivity index (χ1n) is 11.4. The van der Waals surface area contributed by atoms with Crippen molar-refractivity contribution in [2.24, 2.45) is 11.8 Å². The van der Waals surface area contributed by atoms with E-state index in [9.17, 15) is 9.18 Å². The Hall–Kier alpha value is -3.82. The van der Waals surface area contributed by atoms with Gasteiger partial charge >= 0.3 is 0 Å². The van der Waals surface area contributed by atoms with E-state index in [1.807, 2.05) is 24.0 Å². The first-order valence-corrected chi connectivity index (χ1v) is 11.4. The summed E-state index contributed by atoms with van der Waals surface area (Å²) in [6, 6.07) is 8.34. The molecule has 1 aliphatic carbocycles. The highest BCUT2D eigenvalue weighted by molar-refractivity contribution is 5.96. The Morgan fingerprint density at radius 2 is 1.97 bits per heavy atom. The molecule has 7 rings (SSSR count). The summed E-state index contributed by atoms with van der Waals surface area (Å²) in [4.78, 5) is 26.3. The molecule has 9 nitrogen and oxygen atoms in total. The van der Waals surface area contributed by atoms with Crippen molar-refractivity contribution in [2.75, 3.05) is 11.9 Å². The minimum Gasteiger partial charge on any atom is -0.423 e. The van der Waals surface area contributed by atoms with E-state index < -0.39 is 0 Å². The molecule has 10 heteroatoms. The molecule has 3 aromatic heterocycles. The molecule has 3 fully saturated rings. The van der Waals surface area contributed by atoms with Crippen LogP contribution in [0.3, 0.4) is 0 Å². The number of rotatable bonds is 5. The van der Waals surface area contributed by atoms with Gasteiger partial charge in [-0.2, -0.15) is 15.2 Å². The summed E-state index contributed by atoms with van der Waals surface area (Å²) in [6.45, 7) is 4.52. The number of benzene rings is 1. The van der Waals surface area contributed by atoms with Crippen molar-refractivity contribution in [3.63, 3.8) is 0 Å². The molecule has 4 aromatic rings. The zero-order valence-electron chi connectivity index (χ0n) is 18.8. The van der Waals surface area contributed by atoms with Gasteiger partial charge in [-0.25, -0.2) is 9.37 Å². The lowest BCUT2D eigenvalue weighted by atomic mass is 9.64. The average Bonchev–Trinajstić information content (AvgIpc) is 3.46. The van der Waals surface area contributed by atoms with Gasteiger partial charge in [-0.3, -0.25) is 4.79 Å². The Bertz CT molecular complexity index is 1360. The third kappa shape index (κ3) is 3.41. The minimum absolute atomic E-state index is 0.0718. The maximum absolute atomic E-state index is 13.9. The number of anilines is 1. The van der Waals surface area contributed by atoms with Crippen LogP contribution in [0.1, 0.15) is 35.9 Å². The van der Waals surface area contributed by atoms with Gasteiger partial charge in [0.1, 0.15) is 17.0 Å². The van der Waals surface area contributed by atoms with Crippen molar-refractivity contribution in [1.29, 1.82) is 0 Å². The first-order chi connectivity index (χ1) is 16.5. The van der Waals surface area contributed by atoms with Crippen molar-refractivity contribution in [3.8, 4) is 5.69 Å². The number of fused-ring (bicyclic) bond motifs is 3. The van der Waals surface area contributed by atoms with Crippen LogP contribution < -0.4 is 5.32 Å². The summed E-state index contributed by atoms with van der Waals surface area (Å²) in [5, 5.41) is 11.7. The molecule has 3 aliphatic rings. The smallest absolute Gasteiger partial charge is 0.295 e. The number of nitrogens with one attached hydrogen (secondary N) is 1. The van der Waals surface area contributed by atoms with Gasteiger partial charge in [-0.1, -0.05) is 6.92 Å². The zero-order valence-corrected chi connectivity index (χ0v) is 18.8. The summed E-state index contributed by atoms with van der Waals surface area (Å²) < 4.78 is 19.2. The molecule has 2 aliphatic heterocycles. The van der Waals surface area contributed by atoms with Crippen molar-refractivity contribution < 1.29 is 13.6 Å². The largest absolute Gasteiger partial charge is 0.423 e. The van der Waals surface area contributed by atoms with Crippen LogP contribution in [-0.2, 0) is 0 Å². The molecule has 1 N–H and O–H groups in total. The van der Waals surface area contributed by atoms with E-state index in [-0.39, 0.29) is 23.8 Å². The Morgan fingerprint density at radius 1 is 1.18 bits per heavy atom. The van der Waals surface area contributed by atoms with Gasteiger partial charge in [0.05, 0.1) is 18.4 Å². The number of amides is 1. The third-order valence-corrected chi connectivity index (χ3v) is 7.15. The van der Waals surface area contributed by atoms with Crippen molar-refractivity contribution >= 4 is 23.0 Å². The number of halogens is 1. The third-order valence-electron chi connectivity index (χ3n) is 7.15. The molecule has 174 valence electrons. The molecule has 1 saturated carbocycles. The Kier molecular flexibility index (Phi) is 4.82. The molecule has 5 heterocycles. The lowest BCUT2D eigenvalue weighted by molar-refractivity contribution is -0.0506. The van der Waals surface area contributed by atoms with Gasteiger partial charge < -0.3 is 14.6 Å². The van der Waals surface area contributed by atoms with Crippen LogP contribution in [0.25, 0.3) is 16.8 Å². The molecule has 2 saturated heterocycles. The number of nitrogens with zero attached hydrogens (tertiary/aromatic N) is 6. The molecule has 0 unspecified atom stereocenters. The number of oxazole rings is 1. The highest BCUT2D eigenvalue weighted by Crippen LogP contribution is 2.47.